The van der Waals surface area contributed by atoms with Crippen LogP contribution in [0.4, 0.5) is 0 Å². The highest BCUT2D eigenvalue weighted by Gasteiger charge is 2.31. The molecule has 6 nitrogen and oxygen atoms in total. The predicted octanol–water partition coefficient (Wildman–Crippen LogP) is 5.74. The van der Waals surface area contributed by atoms with E-state index >= 15 is 0 Å². The van der Waals surface area contributed by atoms with Crippen LogP contribution in [0.3, 0.4) is 0 Å². The molecule has 0 bridgehead atoms. The van der Waals surface area contributed by atoms with Gasteiger partial charge in [0.25, 0.3) is 5.70 Å². The summed E-state index contributed by atoms with van der Waals surface area (Å²) < 4.78 is 0. The summed E-state index contributed by atoms with van der Waals surface area (Å²) >= 11 is 0. The van der Waals surface area contributed by atoms with Crippen LogP contribution < -0.4 is 0 Å². The molecule has 0 fully saturated rings. The highest BCUT2D eigenvalue weighted by Crippen LogP contribution is 2.46. The maximum atomic E-state index is 9.66. The molecule has 1 heterocycles. The summed E-state index contributed by atoms with van der Waals surface area (Å²) in [5.74, 6) is 0. The monoisotopic (exact) mass is 432 g/mol. The van der Waals surface area contributed by atoms with Crippen LogP contribution in [0.2, 0.25) is 0 Å². The second kappa shape index (κ2) is 8.18. The number of benzene rings is 3. The summed E-state index contributed by atoms with van der Waals surface area (Å²) in [6.45, 7) is 7.53. The molecule has 0 saturated heterocycles. The number of nitrogens with zero attached hydrogens (tertiary/aromatic N) is 6. The minimum Gasteiger partial charge on any atom is -0.233 e. The quantitative estimate of drug-likeness (QED) is 0.262. The van der Waals surface area contributed by atoms with E-state index in [-0.39, 0.29) is 22.8 Å². The Morgan fingerprint density at radius 3 is 1.91 bits per heavy atom. The van der Waals surface area contributed by atoms with E-state index in [2.05, 4.69) is 14.8 Å². The van der Waals surface area contributed by atoms with Crippen molar-refractivity contribution < 1.29 is 0 Å². The molecule has 154 valence electrons. The largest absolute Gasteiger partial charge is 0.271 e. The fourth-order valence-electron chi connectivity index (χ4n) is 4.19. The van der Waals surface area contributed by atoms with Crippen molar-refractivity contribution in [3.05, 3.63) is 113 Å². The van der Waals surface area contributed by atoms with Crippen LogP contribution in [0.15, 0.2) is 78.5 Å². The molecule has 0 atom stereocenters. The number of rotatable bonds is 2. The Bertz CT molecular complexity index is 1670. The third-order valence-electron chi connectivity index (χ3n) is 5.67. The number of hydrogen-bond donors (Lipinski definition) is 0. The van der Waals surface area contributed by atoms with Gasteiger partial charge in [-0.3, -0.25) is 0 Å². The van der Waals surface area contributed by atoms with E-state index in [1.54, 1.807) is 0 Å². The smallest absolute Gasteiger partial charge is 0.233 e. The summed E-state index contributed by atoms with van der Waals surface area (Å²) in [5.41, 5.74) is 5.91. The SMILES string of the molecule is [C-]#[N+]/C(C#N)=C1\c2cc(-c3ccccc3-c3ccccc3)ccc2-c2nc(C#N)c(C#N)nc21. The van der Waals surface area contributed by atoms with Gasteiger partial charge in [-0.2, -0.15) is 10.5 Å². The lowest BCUT2D eigenvalue weighted by atomic mass is 9.92. The van der Waals surface area contributed by atoms with Crippen LogP contribution in [-0.4, -0.2) is 9.97 Å². The highest BCUT2D eigenvalue weighted by atomic mass is 14.9. The number of fused-ring (bicyclic) bond motifs is 3. The fraction of sp³-hybridized carbons (Fsp3) is 0. The van der Waals surface area contributed by atoms with Gasteiger partial charge in [-0.05, 0) is 33.9 Å². The first-order valence-corrected chi connectivity index (χ1v) is 10.2. The molecule has 0 spiro atoms. The summed E-state index contributed by atoms with van der Waals surface area (Å²) in [5, 5.41) is 28.5. The third-order valence-corrected chi connectivity index (χ3v) is 5.67. The minimum absolute atomic E-state index is 0.0896. The Kier molecular flexibility index (Phi) is 4.89. The highest BCUT2D eigenvalue weighted by molar-refractivity contribution is 6.02. The van der Waals surface area contributed by atoms with E-state index in [9.17, 15) is 15.8 Å². The summed E-state index contributed by atoms with van der Waals surface area (Å²) in [7, 11) is 0. The number of aromatic nitrogens is 2. The van der Waals surface area contributed by atoms with E-state index in [0.717, 1.165) is 22.3 Å². The first-order valence-electron chi connectivity index (χ1n) is 10.2. The van der Waals surface area contributed by atoms with Crippen molar-refractivity contribution in [3.8, 4) is 51.7 Å². The molecule has 3 aromatic carbocycles. The molecule has 6 heteroatoms. The average Bonchev–Trinajstić information content (AvgIpc) is 3.21. The normalized spacial score (nSPS) is 12.4. The predicted molar refractivity (Wildman–Crippen MR) is 126 cm³/mol. The van der Waals surface area contributed by atoms with E-state index in [1.165, 1.54) is 0 Å². The Balaban J connectivity index is 1.79. The molecule has 0 aliphatic heterocycles. The van der Waals surface area contributed by atoms with Crippen molar-refractivity contribution in [2.45, 2.75) is 0 Å². The van der Waals surface area contributed by atoms with Crippen molar-refractivity contribution >= 4 is 5.57 Å². The van der Waals surface area contributed by atoms with E-state index < -0.39 is 0 Å². The molecule has 0 radical (unpaired) electrons. The molecule has 0 N–H and O–H groups in total. The fourth-order valence-corrected chi connectivity index (χ4v) is 4.19. The minimum atomic E-state index is -0.142. The van der Waals surface area contributed by atoms with Crippen LogP contribution >= 0.6 is 0 Å². The van der Waals surface area contributed by atoms with Gasteiger partial charge in [0.1, 0.15) is 12.1 Å². The first kappa shape index (κ1) is 20.3. The van der Waals surface area contributed by atoms with Crippen molar-refractivity contribution in [3.63, 3.8) is 0 Å². The molecule has 1 aromatic heterocycles. The Hall–Kier alpha value is -5.56. The maximum Gasteiger partial charge on any atom is 0.271 e. The van der Waals surface area contributed by atoms with Gasteiger partial charge in [-0.1, -0.05) is 66.7 Å². The van der Waals surface area contributed by atoms with Crippen LogP contribution in [-0.2, 0) is 0 Å². The van der Waals surface area contributed by atoms with Crippen molar-refractivity contribution in [2.24, 2.45) is 0 Å². The lowest BCUT2D eigenvalue weighted by molar-refractivity contribution is 1.12. The topological polar surface area (TPSA) is 102 Å². The zero-order chi connectivity index (χ0) is 23.7. The van der Waals surface area contributed by atoms with Crippen LogP contribution in [0, 0.1) is 40.6 Å². The Morgan fingerprint density at radius 2 is 1.29 bits per heavy atom. The van der Waals surface area contributed by atoms with Crippen LogP contribution in [0.25, 0.3) is 43.9 Å². The molecule has 34 heavy (non-hydrogen) atoms. The molecule has 1 aliphatic carbocycles. The second-order valence-electron chi connectivity index (χ2n) is 7.46. The molecule has 1 aliphatic rings. The van der Waals surface area contributed by atoms with Gasteiger partial charge in [-0.25, -0.2) is 20.1 Å². The van der Waals surface area contributed by atoms with Crippen molar-refractivity contribution in [1.82, 2.24) is 9.97 Å². The molecule has 0 saturated carbocycles. The number of hydrogen-bond acceptors (Lipinski definition) is 5. The standard InChI is InChI=1S/C28H12N6/c1-32-25(16-31)26-22-13-18(20-10-6-5-9-19(20)17-7-3-2-4-8-17)11-12-21(22)27-28(26)34-24(15-30)23(14-29)33-27/h2-13H/b26-25+. The van der Waals surface area contributed by atoms with Crippen molar-refractivity contribution in [1.29, 1.82) is 15.8 Å². The number of nitriles is 3. The molecular formula is C28H12N6. The Morgan fingerprint density at radius 1 is 0.676 bits per heavy atom. The number of allylic oxidation sites excluding steroid dienone is 1. The molecular weight excluding hydrogens is 420 g/mol. The Labute approximate surface area is 195 Å². The zero-order valence-corrected chi connectivity index (χ0v) is 17.6. The lowest BCUT2D eigenvalue weighted by Gasteiger charge is -2.12. The summed E-state index contributed by atoms with van der Waals surface area (Å²) in [6, 6.07) is 29.5. The second-order valence-corrected chi connectivity index (χ2v) is 7.46. The van der Waals surface area contributed by atoms with Crippen LogP contribution in [0.5, 0.6) is 0 Å². The molecule has 0 amide bonds. The lowest BCUT2D eigenvalue weighted by Crippen LogP contribution is -2.00. The van der Waals surface area contributed by atoms with E-state index in [4.69, 9.17) is 6.57 Å². The summed E-state index contributed by atoms with van der Waals surface area (Å²) in [4.78, 5) is 12.1. The van der Waals surface area contributed by atoms with Gasteiger partial charge in [-0.15, -0.1) is 0 Å². The van der Waals surface area contributed by atoms with Crippen molar-refractivity contribution in [2.75, 3.05) is 0 Å². The van der Waals surface area contributed by atoms with Gasteiger partial charge in [0.05, 0.1) is 24.0 Å². The van der Waals surface area contributed by atoms with Crippen LogP contribution in [0.1, 0.15) is 22.6 Å². The van der Waals surface area contributed by atoms with E-state index in [0.29, 0.717) is 22.4 Å². The van der Waals surface area contributed by atoms with Gasteiger partial charge < -0.3 is 0 Å². The maximum absolute atomic E-state index is 9.66. The third kappa shape index (κ3) is 3.09. The molecule has 5 rings (SSSR count). The van der Waals surface area contributed by atoms with Gasteiger partial charge in [0, 0.05) is 11.1 Å². The first-order chi connectivity index (χ1) is 16.7. The van der Waals surface area contributed by atoms with Gasteiger partial charge in [0.2, 0.25) is 0 Å². The average molecular weight is 432 g/mol. The molecule has 4 aromatic rings. The zero-order valence-electron chi connectivity index (χ0n) is 17.6. The van der Waals surface area contributed by atoms with E-state index in [1.807, 2.05) is 91.0 Å². The van der Waals surface area contributed by atoms with Gasteiger partial charge in [0.15, 0.2) is 11.4 Å². The van der Waals surface area contributed by atoms with Gasteiger partial charge >= 0.3 is 0 Å². The molecule has 0 unspecified atom stereocenters. The summed E-state index contributed by atoms with van der Waals surface area (Å²) in [6.07, 6.45) is 0.